The lowest BCUT2D eigenvalue weighted by molar-refractivity contribution is -0.140. The largest absolute Gasteiger partial charge is 0.480 e. The summed E-state index contributed by atoms with van der Waals surface area (Å²) in [6.45, 7) is 6.23. The summed E-state index contributed by atoms with van der Waals surface area (Å²) in [7, 11) is 0. The molecule has 1 atom stereocenters. The molecule has 2 heterocycles. The highest BCUT2D eigenvalue weighted by atomic mass is 16.4. The minimum atomic E-state index is -0.930. The molecule has 1 aromatic heterocycles. The lowest BCUT2D eigenvalue weighted by Crippen LogP contribution is -2.34. The lowest BCUT2D eigenvalue weighted by atomic mass is 10.0. The molecule has 106 valence electrons. The van der Waals surface area contributed by atoms with E-state index in [-0.39, 0.29) is 5.91 Å². The number of amides is 1. The van der Waals surface area contributed by atoms with Crippen LogP contribution in [0.2, 0.25) is 0 Å². The van der Waals surface area contributed by atoms with Gasteiger partial charge in [0.2, 0.25) is 5.91 Å². The number of aromatic nitrogens is 2. The van der Waals surface area contributed by atoms with Gasteiger partial charge < -0.3 is 10.0 Å². The van der Waals surface area contributed by atoms with E-state index in [9.17, 15) is 9.59 Å². The Morgan fingerprint density at radius 3 is 2.95 bits per heavy atom. The zero-order chi connectivity index (χ0) is 14.7. The van der Waals surface area contributed by atoms with Crippen molar-refractivity contribution in [2.75, 3.05) is 13.1 Å². The van der Waals surface area contributed by atoms with Crippen molar-refractivity contribution in [3.05, 3.63) is 36.7 Å². The minimum Gasteiger partial charge on any atom is -0.480 e. The van der Waals surface area contributed by atoms with Gasteiger partial charge in [-0.1, -0.05) is 12.7 Å². The number of carboxylic acids is 1. The molecule has 0 saturated carbocycles. The summed E-state index contributed by atoms with van der Waals surface area (Å²) < 4.78 is 1.41. The van der Waals surface area contributed by atoms with E-state index in [0.29, 0.717) is 13.1 Å². The first-order valence-corrected chi connectivity index (χ1v) is 6.40. The highest BCUT2D eigenvalue weighted by Gasteiger charge is 2.19. The number of aliphatic carboxylic acids is 1. The van der Waals surface area contributed by atoms with E-state index >= 15 is 0 Å². The Morgan fingerprint density at radius 1 is 1.55 bits per heavy atom. The third-order valence-electron chi connectivity index (χ3n) is 3.36. The van der Waals surface area contributed by atoms with Crippen LogP contribution >= 0.6 is 0 Å². The van der Waals surface area contributed by atoms with E-state index in [1.807, 2.05) is 0 Å². The molecular formula is C14H17N3O3. The molecule has 0 fully saturated rings. The molecule has 6 heteroatoms. The fourth-order valence-corrected chi connectivity index (χ4v) is 2.10. The van der Waals surface area contributed by atoms with Gasteiger partial charge in [0.1, 0.15) is 6.04 Å². The Hall–Kier alpha value is -2.37. The Morgan fingerprint density at radius 2 is 2.30 bits per heavy atom. The summed E-state index contributed by atoms with van der Waals surface area (Å²) in [5.41, 5.74) is 1.83. The highest BCUT2D eigenvalue weighted by molar-refractivity contribution is 5.88. The van der Waals surface area contributed by atoms with Crippen LogP contribution in [-0.2, 0) is 9.59 Å². The van der Waals surface area contributed by atoms with Gasteiger partial charge >= 0.3 is 5.97 Å². The Kier molecular flexibility index (Phi) is 4.02. The highest BCUT2D eigenvalue weighted by Crippen LogP contribution is 2.21. The smallest absolute Gasteiger partial charge is 0.328 e. The molecular weight excluding hydrogens is 258 g/mol. The topological polar surface area (TPSA) is 75.4 Å². The molecule has 1 unspecified atom stereocenters. The number of rotatable bonds is 4. The summed E-state index contributed by atoms with van der Waals surface area (Å²) in [6, 6.07) is -0.709. The second-order valence-corrected chi connectivity index (χ2v) is 4.71. The molecule has 0 aromatic carbocycles. The summed E-state index contributed by atoms with van der Waals surface area (Å²) in [5, 5.41) is 13.0. The van der Waals surface area contributed by atoms with Gasteiger partial charge in [-0.2, -0.15) is 5.10 Å². The summed E-state index contributed by atoms with van der Waals surface area (Å²) in [4.78, 5) is 24.3. The molecule has 2 rings (SSSR count). The predicted molar refractivity (Wildman–Crippen MR) is 73.9 cm³/mol. The molecule has 1 aromatic rings. The van der Waals surface area contributed by atoms with E-state index in [2.05, 4.69) is 17.8 Å². The average molecular weight is 275 g/mol. The minimum absolute atomic E-state index is 0.0955. The second-order valence-electron chi connectivity index (χ2n) is 4.71. The molecule has 0 spiro atoms. The molecule has 0 radical (unpaired) electrons. The molecule has 0 bridgehead atoms. The standard InChI is InChI=1S/C14H17N3O3/c1-3-13(18)16-6-4-5-11(8-16)12-7-15-17(9-12)10(2)14(19)20/h3,5,7,9-10H,1,4,6,8H2,2H3,(H,19,20). The first-order valence-electron chi connectivity index (χ1n) is 6.40. The van der Waals surface area contributed by atoms with Gasteiger partial charge in [-0.25, -0.2) is 4.79 Å². The summed E-state index contributed by atoms with van der Waals surface area (Å²) in [6.07, 6.45) is 7.47. The SMILES string of the molecule is C=CC(=O)N1CCC=C(c2cnn(C(C)C(=O)O)c2)C1. The van der Waals surface area contributed by atoms with Crippen molar-refractivity contribution >= 4 is 17.4 Å². The normalized spacial score (nSPS) is 16.4. The molecule has 1 N–H and O–H groups in total. The fraction of sp³-hybridized carbons (Fsp3) is 0.357. The third kappa shape index (κ3) is 2.79. The number of nitrogens with zero attached hydrogens (tertiary/aromatic N) is 3. The number of hydrogen-bond donors (Lipinski definition) is 1. The van der Waals surface area contributed by atoms with Crippen LogP contribution in [0.15, 0.2) is 31.1 Å². The molecule has 6 nitrogen and oxygen atoms in total. The van der Waals surface area contributed by atoms with Crippen molar-refractivity contribution < 1.29 is 14.7 Å². The van der Waals surface area contributed by atoms with E-state index in [4.69, 9.17) is 5.11 Å². The lowest BCUT2D eigenvalue weighted by Gasteiger charge is -2.25. The monoisotopic (exact) mass is 275 g/mol. The van der Waals surface area contributed by atoms with Gasteiger partial charge in [-0.05, 0) is 25.0 Å². The van der Waals surface area contributed by atoms with Crippen LogP contribution in [-0.4, -0.2) is 44.8 Å². The predicted octanol–water partition coefficient (Wildman–Crippen LogP) is 1.33. The van der Waals surface area contributed by atoms with Crippen molar-refractivity contribution in [3.63, 3.8) is 0 Å². The zero-order valence-electron chi connectivity index (χ0n) is 11.3. The number of hydrogen-bond acceptors (Lipinski definition) is 3. The maximum absolute atomic E-state index is 11.6. The van der Waals surface area contributed by atoms with Crippen LogP contribution in [0.4, 0.5) is 0 Å². The average Bonchev–Trinajstić information content (AvgIpc) is 2.95. The van der Waals surface area contributed by atoms with Crippen LogP contribution in [0, 0.1) is 0 Å². The van der Waals surface area contributed by atoms with Crippen molar-refractivity contribution in [2.45, 2.75) is 19.4 Å². The summed E-state index contributed by atoms with van der Waals surface area (Å²) >= 11 is 0. The van der Waals surface area contributed by atoms with Crippen LogP contribution < -0.4 is 0 Å². The van der Waals surface area contributed by atoms with Gasteiger partial charge in [-0.15, -0.1) is 0 Å². The molecule has 0 saturated heterocycles. The van der Waals surface area contributed by atoms with Crippen LogP contribution in [0.3, 0.4) is 0 Å². The molecule has 1 amide bonds. The number of carbonyl (C=O) groups excluding carboxylic acids is 1. The quantitative estimate of drug-likeness (QED) is 0.841. The van der Waals surface area contributed by atoms with E-state index < -0.39 is 12.0 Å². The number of carboxylic acid groups (broad SMARTS) is 1. The fourth-order valence-electron chi connectivity index (χ4n) is 2.10. The van der Waals surface area contributed by atoms with Crippen LogP contribution in [0.5, 0.6) is 0 Å². The second kappa shape index (κ2) is 5.73. The van der Waals surface area contributed by atoms with Gasteiger partial charge in [0.05, 0.1) is 6.20 Å². The van der Waals surface area contributed by atoms with Gasteiger partial charge in [0.15, 0.2) is 0 Å². The van der Waals surface area contributed by atoms with Crippen LogP contribution in [0.1, 0.15) is 24.9 Å². The van der Waals surface area contributed by atoms with Gasteiger partial charge in [0.25, 0.3) is 0 Å². The molecule has 1 aliphatic heterocycles. The van der Waals surface area contributed by atoms with E-state index in [1.165, 1.54) is 10.8 Å². The summed E-state index contributed by atoms with van der Waals surface area (Å²) in [5.74, 6) is -1.03. The Labute approximate surface area is 117 Å². The van der Waals surface area contributed by atoms with E-state index in [1.54, 1.807) is 24.2 Å². The maximum Gasteiger partial charge on any atom is 0.328 e. The van der Waals surface area contributed by atoms with Crippen molar-refractivity contribution in [1.29, 1.82) is 0 Å². The Bertz CT molecular complexity index is 574. The van der Waals surface area contributed by atoms with Gasteiger partial charge in [0, 0.05) is 24.8 Å². The van der Waals surface area contributed by atoms with Crippen molar-refractivity contribution in [3.8, 4) is 0 Å². The number of carbonyl (C=O) groups is 2. The molecule has 1 aliphatic rings. The Balaban J connectivity index is 2.16. The third-order valence-corrected chi connectivity index (χ3v) is 3.36. The van der Waals surface area contributed by atoms with E-state index in [0.717, 1.165) is 17.6 Å². The maximum atomic E-state index is 11.6. The van der Waals surface area contributed by atoms with Crippen LogP contribution in [0.25, 0.3) is 5.57 Å². The first-order chi connectivity index (χ1) is 9.52. The zero-order valence-corrected chi connectivity index (χ0v) is 11.3. The molecule has 0 aliphatic carbocycles. The first kappa shape index (κ1) is 14.0. The van der Waals surface area contributed by atoms with Crippen molar-refractivity contribution in [1.82, 2.24) is 14.7 Å². The van der Waals surface area contributed by atoms with Crippen molar-refractivity contribution in [2.24, 2.45) is 0 Å². The van der Waals surface area contributed by atoms with Gasteiger partial charge in [-0.3, -0.25) is 9.48 Å². The molecule has 20 heavy (non-hydrogen) atoms.